The van der Waals surface area contributed by atoms with Crippen LogP contribution in [0.5, 0.6) is 5.75 Å². The topological polar surface area (TPSA) is 66.0 Å². The van der Waals surface area contributed by atoms with Crippen LogP contribution in [-0.2, 0) is 6.42 Å². The second kappa shape index (κ2) is 5.93. The van der Waals surface area contributed by atoms with Crippen molar-refractivity contribution in [1.82, 2.24) is 14.5 Å². The highest BCUT2D eigenvalue weighted by atomic mass is 16.5. The van der Waals surface area contributed by atoms with E-state index < -0.39 is 0 Å². The fourth-order valence-electron chi connectivity index (χ4n) is 2.48. The minimum atomic E-state index is 0.673. The molecule has 3 rings (SSSR count). The number of ether oxygens (including phenoxy) is 1. The molecule has 0 aliphatic rings. The van der Waals surface area contributed by atoms with Gasteiger partial charge in [-0.05, 0) is 49.2 Å². The van der Waals surface area contributed by atoms with Crippen molar-refractivity contribution < 1.29 is 4.74 Å². The molecule has 0 saturated carbocycles. The minimum Gasteiger partial charge on any atom is -0.497 e. The van der Waals surface area contributed by atoms with Crippen LogP contribution in [0.2, 0.25) is 0 Å². The van der Waals surface area contributed by atoms with Gasteiger partial charge in [-0.1, -0.05) is 0 Å². The molecule has 5 nitrogen and oxygen atoms in total. The van der Waals surface area contributed by atoms with Gasteiger partial charge in [-0.3, -0.25) is 4.57 Å². The van der Waals surface area contributed by atoms with Crippen LogP contribution < -0.4 is 10.5 Å². The molecule has 0 radical (unpaired) electrons. The van der Waals surface area contributed by atoms with Crippen LogP contribution in [0.4, 0.5) is 0 Å². The van der Waals surface area contributed by atoms with Gasteiger partial charge in [0.1, 0.15) is 5.75 Å². The van der Waals surface area contributed by atoms with E-state index in [1.54, 1.807) is 19.5 Å². The molecule has 0 aliphatic heterocycles. The number of rotatable bonds is 5. The Kier molecular flexibility index (Phi) is 3.83. The van der Waals surface area contributed by atoms with Crippen molar-refractivity contribution in [2.45, 2.75) is 12.8 Å². The summed E-state index contributed by atoms with van der Waals surface area (Å²) in [6.45, 7) is 0.679. The zero-order valence-electron chi connectivity index (χ0n) is 12.0. The molecule has 5 heteroatoms. The van der Waals surface area contributed by atoms with Gasteiger partial charge in [0.25, 0.3) is 0 Å². The molecular formula is C16H18N4O. The summed E-state index contributed by atoms with van der Waals surface area (Å²) >= 11 is 0. The van der Waals surface area contributed by atoms with E-state index in [1.807, 2.05) is 22.8 Å². The number of nitrogens with zero attached hydrogens (tertiary/aromatic N) is 3. The Morgan fingerprint density at radius 3 is 2.76 bits per heavy atom. The monoisotopic (exact) mass is 282 g/mol. The van der Waals surface area contributed by atoms with Gasteiger partial charge < -0.3 is 10.5 Å². The van der Waals surface area contributed by atoms with E-state index in [9.17, 15) is 0 Å². The quantitative estimate of drug-likeness (QED) is 0.780. The lowest BCUT2D eigenvalue weighted by Gasteiger charge is -2.03. The first-order valence-corrected chi connectivity index (χ1v) is 6.99. The van der Waals surface area contributed by atoms with Crippen LogP contribution in [0.25, 0.3) is 16.9 Å². The highest BCUT2D eigenvalue weighted by molar-refractivity contribution is 5.86. The van der Waals surface area contributed by atoms with Crippen LogP contribution in [0.1, 0.15) is 12.0 Å². The van der Waals surface area contributed by atoms with Gasteiger partial charge >= 0.3 is 0 Å². The van der Waals surface area contributed by atoms with Crippen molar-refractivity contribution in [1.29, 1.82) is 0 Å². The summed E-state index contributed by atoms with van der Waals surface area (Å²) in [6, 6.07) is 7.86. The maximum atomic E-state index is 5.64. The Morgan fingerprint density at radius 2 is 2.05 bits per heavy atom. The number of fused-ring (bicyclic) bond motifs is 1. The summed E-state index contributed by atoms with van der Waals surface area (Å²) in [5.41, 5.74) is 7.95. The summed E-state index contributed by atoms with van der Waals surface area (Å²) in [5, 5.41) is 1.16. The Bertz CT molecular complexity index is 737. The maximum Gasteiger partial charge on any atom is 0.234 e. The third kappa shape index (κ3) is 2.60. The van der Waals surface area contributed by atoms with E-state index in [-0.39, 0.29) is 0 Å². The van der Waals surface area contributed by atoms with Gasteiger partial charge in [0.05, 0.1) is 12.6 Å². The van der Waals surface area contributed by atoms with Crippen LogP contribution in [-0.4, -0.2) is 28.2 Å². The van der Waals surface area contributed by atoms with Crippen molar-refractivity contribution in [3.05, 3.63) is 48.4 Å². The number of nitrogens with two attached hydrogens (primary N) is 1. The number of aromatic nitrogens is 3. The van der Waals surface area contributed by atoms with Gasteiger partial charge in [-0.25, -0.2) is 9.97 Å². The molecule has 0 atom stereocenters. The minimum absolute atomic E-state index is 0.673. The molecule has 0 bridgehead atoms. The van der Waals surface area contributed by atoms with E-state index in [0.717, 1.165) is 29.5 Å². The lowest BCUT2D eigenvalue weighted by atomic mass is 10.1. The van der Waals surface area contributed by atoms with E-state index in [1.165, 1.54) is 5.56 Å². The van der Waals surface area contributed by atoms with Crippen LogP contribution in [0.15, 0.2) is 42.9 Å². The summed E-state index contributed by atoms with van der Waals surface area (Å²) in [4.78, 5) is 8.66. The normalized spacial score (nSPS) is 11.0. The number of hydrogen-bond acceptors (Lipinski definition) is 4. The Morgan fingerprint density at radius 1 is 1.24 bits per heavy atom. The summed E-state index contributed by atoms with van der Waals surface area (Å²) < 4.78 is 7.35. The largest absolute Gasteiger partial charge is 0.497 e. The Hall–Kier alpha value is -2.40. The summed E-state index contributed by atoms with van der Waals surface area (Å²) in [5.74, 6) is 1.52. The molecule has 0 spiro atoms. The van der Waals surface area contributed by atoms with Crippen LogP contribution in [0.3, 0.4) is 0 Å². The number of hydrogen-bond donors (Lipinski definition) is 1. The molecule has 0 saturated heterocycles. The van der Waals surface area contributed by atoms with Crippen molar-refractivity contribution in [3.8, 4) is 11.7 Å². The Balaban J connectivity index is 2.16. The van der Waals surface area contributed by atoms with Gasteiger partial charge in [0.2, 0.25) is 5.95 Å². The van der Waals surface area contributed by atoms with E-state index in [2.05, 4.69) is 22.2 Å². The predicted octanol–water partition coefficient (Wildman–Crippen LogP) is 2.32. The van der Waals surface area contributed by atoms with Crippen LogP contribution in [0, 0.1) is 0 Å². The molecule has 21 heavy (non-hydrogen) atoms. The van der Waals surface area contributed by atoms with Crippen molar-refractivity contribution in [3.63, 3.8) is 0 Å². The molecule has 0 aliphatic carbocycles. The Labute approximate surface area is 123 Å². The molecule has 2 N–H and O–H groups in total. The van der Waals surface area contributed by atoms with Gasteiger partial charge in [-0.2, -0.15) is 0 Å². The highest BCUT2D eigenvalue weighted by Gasteiger charge is 2.12. The molecular weight excluding hydrogens is 264 g/mol. The van der Waals surface area contributed by atoms with Crippen LogP contribution >= 0.6 is 0 Å². The average molecular weight is 282 g/mol. The third-order valence-corrected chi connectivity index (χ3v) is 3.51. The SMILES string of the molecule is COc1ccc2c(c1)c(CCCN)cn2-c1ncccn1. The predicted molar refractivity (Wildman–Crippen MR) is 82.8 cm³/mol. The van der Waals surface area contributed by atoms with E-state index in [0.29, 0.717) is 12.5 Å². The number of methoxy groups -OCH3 is 1. The first-order valence-electron chi connectivity index (χ1n) is 6.99. The molecule has 0 amide bonds. The van der Waals surface area contributed by atoms with Crippen molar-refractivity contribution >= 4 is 10.9 Å². The molecule has 2 heterocycles. The highest BCUT2D eigenvalue weighted by Crippen LogP contribution is 2.28. The fraction of sp³-hybridized carbons (Fsp3) is 0.250. The number of aryl methyl sites for hydroxylation is 1. The lowest BCUT2D eigenvalue weighted by Crippen LogP contribution is -2.00. The van der Waals surface area contributed by atoms with E-state index >= 15 is 0 Å². The standard InChI is InChI=1S/C16H18N4O/c1-21-13-5-6-15-14(10-13)12(4-2-7-17)11-20(15)16-18-8-3-9-19-16/h3,5-6,8-11H,2,4,7,17H2,1H3. The first kappa shape index (κ1) is 13.6. The zero-order valence-corrected chi connectivity index (χ0v) is 12.0. The average Bonchev–Trinajstić information content (AvgIpc) is 2.91. The maximum absolute atomic E-state index is 5.64. The second-order valence-electron chi connectivity index (χ2n) is 4.85. The summed E-state index contributed by atoms with van der Waals surface area (Å²) in [7, 11) is 1.68. The van der Waals surface area contributed by atoms with E-state index in [4.69, 9.17) is 10.5 Å². The molecule has 0 unspecified atom stereocenters. The van der Waals surface area contributed by atoms with Gasteiger partial charge in [-0.15, -0.1) is 0 Å². The lowest BCUT2D eigenvalue weighted by molar-refractivity contribution is 0.415. The fourth-order valence-corrected chi connectivity index (χ4v) is 2.48. The van der Waals surface area contributed by atoms with Crippen molar-refractivity contribution in [2.24, 2.45) is 5.73 Å². The number of benzene rings is 1. The van der Waals surface area contributed by atoms with Crippen molar-refractivity contribution in [2.75, 3.05) is 13.7 Å². The third-order valence-electron chi connectivity index (χ3n) is 3.51. The molecule has 2 aromatic heterocycles. The van der Waals surface area contributed by atoms with Gasteiger partial charge in [0, 0.05) is 24.0 Å². The molecule has 1 aromatic carbocycles. The summed E-state index contributed by atoms with van der Waals surface area (Å²) in [6.07, 6.45) is 7.47. The van der Waals surface area contributed by atoms with Gasteiger partial charge in [0.15, 0.2) is 0 Å². The first-order chi connectivity index (χ1) is 10.3. The smallest absolute Gasteiger partial charge is 0.234 e. The second-order valence-corrected chi connectivity index (χ2v) is 4.85. The molecule has 0 fully saturated rings. The molecule has 3 aromatic rings. The zero-order chi connectivity index (χ0) is 14.7. The molecule has 108 valence electrons.